The highest BCUT2D eigenvalue weighted by Gasteiger charge is 2.54. The van der Waals surface area contributed by atoms with Crippen molar-refractivity contribution < 1.29 is 102 Å². The summed E-state index contributed by atoms with van der Waals surface area (Å²) in [7, 11) is 0. The average molecular weight is 1190 g/mol. The third-order valence-electron chi connectivity index (χ3n) is 16.1. The fourth-order valence-electron chi connectivity index (χ4n) is 12.3. The second-order valence-electron chi connectivity index (χ2n) is 22.9. The van der Waals surface area contributed by atoms with Crippen molar-refractivity contribution in [1.29, 1.82) is 0 Å². The van der Waals surface area contributed by atoms with Gasteiger partial charge in [0.25, 0.3) is 0 Å². The zero-order valence-electron chi connectivity index (χ0n) is 47.4. The molecule has 6 fully saturated rings. The molecule has 2 heterocycles. The summed E-state index contributed by atoms with van der Waals surface area (Å²) in [6.07, 6.45) is -9.57. The first-order valence-corrected chi connectivity index (χ1v) is 28.0. The fourth-order valence-corrected chi connectivity index (χ4v) is 12.3. The van der Waals surface area contributed by atoms with Crippen molar-refractivity contribution in [2.45, 2.75) is 222 Å². The number of carboxylic acid groups (broad SMARTS) is 1. The minimum Gasteiger partial charge on any atom is -0.480 e. The van der Waals surface area contributed by atoms with Crippen LogP contribution in [-0.2, 0) is 71.7 Å². The molecular weight excluding hydrogens is 1100 g/mol. The Kier molecular flexibility index (Phi) is 24.5. The molecule has 6 aliphatic rings. The van der Waals surface area contributed by atoms with E-state index in [1.807, 2.05) is 0 Å². The number of hydrogen-bond acceptors (Lipinski definition) is 20. The van der Waals surface area contributed by atoms with Gasteiger partial charge >= 0.3 is 5.97 Å². The van der Waals surface area contributed by atoms with Crippen LogP contribution in [-0.4, -0.2) is 213 Å². The van der Waals surface area contributed by atoms with Gasteiger partial charge in [0.05, 0.1) is 13.2 Å². The van der Waals surface area contributed by atoms with Crippen LogP contribution in [0.3, 0.4) is 0 Å². The van der Waals surface area contributed by atoms with Crippen LogP contribution in [0.4, 0.5) is 0 Å². The highest BCUT2D eigenvalue weighted by atomic mass is 16.7. The maximum absolute atomic E-state index is 13.7. The molecule has 6 unspecified atom stereocenters. The van der Waals surface area contributed by atoms with E-state index in [1.54, 1.807) is 0 Å². The highest BCUT2D eigenvalue weighted by molar-refractivity contribution is 5.94. The third-order valence-corrected chi connectivity index (χ3v) is 16.1. The summed E-state index contributed by atoms with van der Waals surface area (Å²) in [6.45, 7) is 5.32. The van der Waals surface area contributed by atoms with E-state index in [9.17, 15) is 83.4 Å². The number of nitrogens with two attached hydrogens (primary N) is 2. The lowest BCUT2D eigenvalue weighted by Gasteiger charge is -2.56. The van der Waals surface area contributed by atoms with Crippen LogP contribution in [0.2, 0.25) is 0 Å². The van der Waals surface area contributed by atoms with Crippen LogP contribution in [0, 0.1) is 23.2 Å². The van der Waals surface area contributed by atoms with Crippen molar-refractivity contribution in [3.63, 3.8) is 0 Å². The topological polar surface area (TPSA) is 494 Å². The van der Waals surface area contributed by atoms with E-state index in [1.165, 1.54) is 47.0 Å². The number of carbonyl (C=O) groups excluding carboxylic acids is 10. The molecule has 31 nitrogen and oxygen atoms in total. The van der Waals surface area contributed by atoms with Gasteiger partial charge in [0.15, 0.2) is 12.6 Å². The lowest BCUT2D eigenvalue weighted by molar-refractivity contribution is -0.333. The Balaban J connectivity index is 1.21. The van der Waals surface area contributed by atoms with Crippen molar-refractivity contribution in [3.05, 3.63) is 0 Å². The van der Waals surface area contributed by atoms with E-state index in [0.717, 1.165) is 33.1 Å². The van der Waals surface area contributed by atoms with Crippen molar-refractivity contribution in [1.82, 2.24) is 42.5 Å². The van der Waals surface area contributed by atoms with E-state index in [4.69, 9.17) is 30.4 Å². The lowest BCUT2D eigenvalue weighted by Crippen LogP contribution is -2.70. The molecular formula is C52H84N10O21. The number of rotatable bonds is 30. The van der Waals surface area contributed by atoms with Crippen LogP contribution < -0.4 is 54.0 Å². The largest absolute Gasteiger partial charge is 0.480 e. The minimum absolute atomic E-state index is 0.0241. The molecule has 468 valence electrons. The number of aliphatic hydroxyl groups is 5. The maximum atomic E-state index is 13.7. The monoisotopic (exact) mass is 1180 g/mol. The zero-order chi connectivity index (χ0) is 61.8. The van der Waals surface area contributed by atoms with Gasteiger partial charge in [-0.3, -0.25) is 52.7 Å². The maximum Gasteiger partial charge on any atom is 0.325 e. The summed E-state index contributed by atoms with van der Waals surface area (Å²) in [6, 6.07) is -11.3. The molecule has 0 radical (unpaired) electrons. The van der Waals surface area contributed by atoms with Crippen molar-refractivity contribution in [2.75, 3.05) is 13.2 Å². The Bertz CT molecular complexity index is 2330. The van der Waals surface area contributed by atoms with Gasteiger partial charge in [-0.25, -0.2) is 0 Å². The Labute approximate surface area is 478 Å². The van der Waals surface area contributed by atoms with Gasteiger partial charge in [0, 0.05) is 26.7 Å². The zero-order valence-corrected chi connectivity index (χ0v) is 47.4. The van der Waals surface area contributed by atoms with Gasteiger partial charge in [0.2, 0.25) is 59.1 Å². The van der Waals surface area contributed by atoms with Crippen LogP contribution in [0.1, 0.15) is 119 Å². The van der Waals surface area contributed by atoms with Gasteiger partial charge in [-0.1, -0.05) is 0 Å². The molecule has 4 aliphatic carbocycles. The highest BCUT2D eigenvalue weighted by Crippen LogP contribution is 2.61. The van der Waals surface area contributed by atoms with Gasteiger partial charge < -0.3 is 104 Å². The molecule has 0 spiro atoms. The van der Waals surface area contributed by atoms with Crippen LogP contribution in [0.25, 0.3) is 0 Å². The fraction of sp³-hybridized carbons (Fsp3) is 0.788. The number of nitrogens with one attached hydrogen (secondary N) is 8. The smallest absolute Gasteiger partial charge is 0.325 e. The van der Waals surface area contributed by atoms with E-state index in [-0.39, 0.29) is 37.0 Å². The van der Waals surface area contributed by atoms with Crippen molar-refractivity contribution in [2.24, 2.45) is 34.6 Å². The molecule has 4 saturated carbocycles. The number of aliphatic hydroxyl groups excluding tert-OH is 5. The predicted molar refractivity (Wildman–Crippen MR) is 283 cm³/mol. The summed E-state index contributed by atoms with van der Waals surface area (Å²) in [5, 5.41) is 81.3. The first kappa shape index (κ1) is 67.6. The van der Waals surface area contributed by atoms with Gasteiger partial charge in [-0.15, -0.1) is 0 Å². The van der Waals surface area contributed by atoms with Crippen LogP contribution >= 0.6 is 0 Å². The molecule has 31 heteroatoms. The van der Waals surface area contributed by atoms with E-state index >= 15 is 0 Å². The molecule has 10 amide bonds. The average Bonchev–Trinajstić information content (AvgIpc) is 1.64. The molecule has 17 atom stereocenters. The molecule has 0 aromatic heterocycles. The number of hydrogen-bond donors (Lipinski definition) is 16. The van der Waals surface area contributed by atoms with Crippen LogP contribution in [0.5, 0.6) is 0 Å². The predicted octanol–water partition coefficient (Wildman–Crippen LogP) is -6.12. The molecule has 2 aliphatic heterocycles. The van der Waals surface area contributed by atoms with Gasteiger partial charge in [-0.2, -0.15) is 0 Å². The Morgan fingerprint density at radius 1 is 0.578 bits per heavy atom. The van der Waals surface area contributed by atoms with Crippen molar-refractivity contribution >= 4 is 65.0 Å². The molecule has 18 N–H and O–H groups in total. The number of carbonyl (C=O) groups is 11. The standard InChI is InChI=1S/C52H84N10O21/c1-21(45(73)57-23(3)49(77)78)56-48(76)32(9-7-8-30(43(53)71)60-36(68)18-52-15-27-12-28(16-52)14-29(13-27)17-52)61-35(67)11-10-31(44(54)72)62-46(74)22(2)55-47(75)24(4)80-42-38(59-26(6)66)50(79)81-34(20-64)41(42)83-51-37(58-25(5)65)40(70)39(69)33(19-63)82-51/h21-24,27-34,37-42,50-51,63-64,69-70,79H,7-20H2,1-6H3,(H2,53,71)(H2,54,72)(H,55,75)(H,56,76)(H,57,73)(H,58,65)(H,59,66)(H,60,68)(H,61,67)(H,62,74)(H,77,78)/t21-,22+,23-,24?,27?,28?,29?,30?,31-,32?,33-,34-,37-,38-,39-,40-,41-,42?,50?,51?,52?/m1/s1. The Hall–Kier alpha value is -6.19. The second-order valence-corrected chi connectivity index (χ2v) is 22.9. The summed E-state index contributed by atoms with van der Waals surface area (Å²) in [4.78, 5) is 142. The number of ether oxygens (including phenoxy) is 4. The number of carboxylic acids is 1. The molecule has 83 heavy (non-hydrogen) atoms. The van der Waals surface area contributed by atoms with Gasteiger partial charge in [-0.05, 0) is 115 Å². The van der Waals surface area contributed by atoms with Crippen molar-refractivity contribution in [3.8, 4) is 0 Å². The molecule has 6 rings (SSSR count). The quantitative estimate of drug-likeness (QED) is 0.0318. The normalized spacial score (nSPS) is 31.4. The number of primary amides is 2. The lowest BCUT2D eigenvalue weighted by atomic mass is 9.49. The summed E-state index contributed by atoms with van der Waals surface area (Å²) in [5.41, 5.74) is 11.2. The number of aliphatic carboxylic acids is 1. The summed E-state index contributed by atoms with van der Waals surface area (Å²) < 4.78 is 23.3. The van der Waals surface area contributed by atoms with E-state index in [0.29, 0.717) is 17.8 Å². The Morgan fingerprint density at radius 2 is 1.07 bits per heavy atom. The molecule has 0 aromatic carbocycles. The molecule has 0 aromatic rings. The van der Waals surface area contributed by atoms with Gasteiger partial charge in [0.1, 0.15) is 91.1 Å². The first-order valence-electron chi connectivity index (χ1n) is 28.0. The van der Waals surface area contributed by atoms with E-state index < -0.39 is 189 Å². The summed E-state index contributed by atoms with van der Waals surface area (Å²) in [5.74, 6) is -7.90. The summed E-state index contributed by atoms with van der Waals surface area (Å²) >= 11 is 0. The molecule has 2 saturated heterocycles. The third kappa shape index (κ3) is 18.7. The molecule has 4 bridgehead atoms. The Morgan fingerprint density at radius 3 is 1.60 bits per heavy atom. The van der Waals surface area contributed by atoms with Crippen LogP contribution in [0.15, 0.2) is 0 Å². The second kappa shape index (κ2) is 30.1. The minimum atomic E-state index is -1.91. The van der Waals surface area contributed by atoms with E-state index in [2.05, 4.69) is 42.5 Å². The first-order chi connectivity index (χ1) is 38.9. The SMILES string of the molecule is CC(=O)N[C@H]1C(O)O[C@H](CO)[C@@H](OC2O[C@H](CO)[C@@H](O)[C@H](O)[C@H]2NC(C)=O)C1OC(C)C(=O)N[C@@H](C)C(=O)N[C@H](CCC(=O)NC(CCCC(NC(=O)CC12CC3CC(CC(C3)C1)C2)C(N)=O)C(=O)N[C@H](C)C(=O)N[C@H](C)C(=O)O)C(N)=O. The number of amides is 10.